The van der Waals surface area contributed by atoms with Gasteiger partial charge in [0.15, 0.2) is 5.78 Å². The second kappa shape index (κ2) is 31.4. The van der Waals surface area contributed by atoms with Crippen molar-refractivity contribution in [3.8, 4) is 0 Å². The van der Waals surface area contributed by atoms with Crippen LogP contribution in [0.2, 0.25) is 0 Å². The number of likely N-dealkylation sites (N-methyl/N-ethyl adjacent to an activating group) is 1. The van der Waals surface area contributed by atoms with Crippen LogP contribution in [-0.4, -0.2) is 115 Å². The van der Waals surface area contributed by atoms with Gasteiger partial charge in [-0.05, 0) is 74.6 Å². The Bertz CT molecular complexity index is 1740. The Morgan fingerprint density at radius 1 is 0.803 bits per heavy atom. The number of carbonyl (C=O) groups excluding carboxylic acids is 5. The Morgan fingerprint density at radius 3 is 1.86 bits per heavy atom. The zero-order chi connectivity index (χ0) is 50.1. The molecule has 0 radical (unpaired) electrons. The van der Waals surface area contributed by atoms with Gasteiger partial charge in [0.2, 0.25) is 23.6 Å². The van der Waals surface area contributed by atoms with Crippen molar-refractivity contribution in [3.63, 3.8) is 0 Å². The third-order valence-corrected chi connectivity index (χ3v) is 12.5. The molecular weight excluding hydrogens is 835 g/mol. The van der Waals surface area contributed by atoms with Gasteiger partial charge in [0.1, 0.15) is 6.04 Å². The summed E-state index contributed by atoms with van der Waals surface area (Å²) in [5.74, 6) is -0.247. The van der Waals surface area contributed by atoms with Crippen LogP contribution in [0.15, 0.2) is 73.0 Å². The lowest BCUT2D eigenvalue weighted by Gasteiger charge is -2.35. The maximum absolute atomic E-state index is 13.6. The van der Waals surface area contributed by atoms with Crippen molar-refractivity contribution < 1.29 is 38.6 Å². The molecule has 13 heteroatoms. The first kappa shape index (κ1) is 59.4. The van der Waals surface area contributed by atoms with E-state index in [-0.39, 0.29) is 71.1 Å². The van der Waals surface area contributed by atoms with Crippen molar-refractivity contribution in [3.05, 3.63) is 84.1 Å². The third-order valence-electron chi connectivity index (χ3n) is 12.5. The summed E-state index contributed by atoms with van der Waals surface area (Å²) in [6.45, 7) is 26.7. The molecule has 4 amide bonds. The molecule has 1 heterocycles. The quantitative estimate of drug-likeness (QED) is 0.0724. The number of nitrogens with zero attached hydrogens (tertiary/aromatic N) is 2. The normalized spacial score (nSPS) is 16.7. The lowest BCUT2D eigenvalue weighted by Crippen LogP contribution is -2.54. The third kappa shape index (κ3) is 20.1. The van der Waals surface area contributed by atoms with Gasteiger partial charge in [-0.15, -0.1) is 0 Å². The number of methoxy groups -OCH3 is 2. The highest BCUT2D eigenvalue weighted by Gasteiger charge is 2.41. The average Bonchev–Trinajstić information content (AvgIpc) is 3.77. The van der Waals surface area contributed by atoms with Crippen LogP contribution in [0.1, 0.15) is 119 Å². The van der Waals surface area contributed by atoms with Crippen molar-refractivity contribution in [1.29, 1.82) is 0 Å². The van der Waals surface area contributed by atoms with Crippen LogP contribution >= 0.6 is 0 Å². The second-order valence-electron chi connectivity index (χ2n) is 18.5. The summed E-state index contributed by atoms with van der Waals surface area (Å²) in [6.07, 6.45) is 2.84. The van der Waals surface area contributed by atoms with Gasteiger partial charge in [-0.2, -0.15) is 0 Å². The molecule has 1 saturated heterocycles. The van der Waals surface area contributed by atoms with Gasteiger partial charge in [0, 0.05) is 40.2 Å². The number of rotatable bonds is 25. The van der Waals surface area contributed by atoms with E-state index in [1.807, 2.05) is 126 Å². The molecule has 1 aliphatic rings. The maximum Gasteiger partial charge on any atom is 0.243 e. The Hall–Kier alpha value is -4.59. The number of likely N-dealkylation sites (tertiary alicyclic amines) is 1. The first-order valence-electron chi connectivity index (χ1n) is 24.1. The van der Waals surface area contributed by atoms with E-state index in [9.17, 15) is 24.0 Å². The fourth-order valence-electron chi connectivity index (χ4n) is 8.42. The van der Waals surface area contributed by atoms with Crippen LogP contribution in [0.3, 0.4) is 0 Å². The molecular formula is C53H87N5O8. The number of amides is 4. The predicted octanol–water partition coefficient (Wildman–Crippen LogP) is 7.92. The van der Waals surface area contributed by atoms with Gasteiger partial charge in [-0.3, -0.25) is 28.9 Å². The number of aliphatic hydroxyl groups is 1. The molecule has 2 aromatic carbocycles. The Balaban J connectivity index is 0.000000768. The molecule has 0 spiro atoms. The molecule has 372 valence electrons. The van der Waals surface area contributed by atoms with Crippen LogP contribution < -0.4 is 16.0 Å². The van der Waals surface area contributed by atoms with Crippen LogP contribution in [0.5, 0.6) is 0 Å². The van der Waals surface area contributed by atoms with Crippen LogP contribution in [0.25, 0.3) is 0 Å². The molecule has 1 aliphatic heterocycles. The molecule has 1 fully saturated rings. The molecule has 0 aromatic heterocycles. The zero-order valence-corrected chi connectivity index (χ0v) is 42.9. The number of ketones is 1. The summed E-state index contributed by atoms with van der Waals surface area (Å²) >= 11 is 0. The summed E-state index contributed by atoms with van der Waals surface area (Å²) in [5.41, 5.74) is 1.93. The molecule has 8 atom stereocenters. The summed E-state index contributed by atoms with van der Waals surface area (Å²) in [4.78, 5) is 68.5. The average molecular weight is 922 g/mol. The topological polar surface area (TPSA) is 167 Å². The van der Waals surface area contributed by atoms with Gasteiger partial charge >= 0.3 is 0 Å². The first-order chi connectivity index (χ1) is 31.2. The van der Waals surface area contributed by atoms with E-state index in [1.165, 1.54) is 6.92 Å². The summed E-state index contributed by atoms with van der Waals surface area (Å²) in [6, 6.07) is 17.6. The number of benzene rings is 2. The summed E-state index contributed by atoms with van der Waals surface area (Å²) in [7, 11) is 5.13. The molecule has 3 rings (SSSR count). The fourth-order valence-corrected chi connectivity index (χ4v) is 8.42. The smallest absolute Gasteiger partial charge is 0.243 e. The zero-order valence-electron chi connectivity index (χ0n) is 42.9. The number of Topliss-reactive ketones (excluding diaryl/α,β-unsaturated/α-hetero) is 1. The van der Waals surface area contributed by atoms with E-state index < -0.39 is 24.1 Å². The Kier molecular flexibility index (Phi) is 28.3. The van der Waals surface area contributed by atoms with E-state index >= 15 is 0 Å². The number of ether oxygens (including phenoxy) is 2. The van der Waals surface area contributed by atoms with E-state index in [0.717, 1.165) is 30.4 Å². The van der Waals surface area contributed by atoms with Crippen molar-refractivity contribution >= 4 is 29.4 Å². The highest BCUT2D eigenvalue weighted by molar-refractivity contribution is 5.90. The molecule has 6 unspecified atom stereocenters. The standard InChI is InChI=1S/C34H49N3O5.C17H32N2O3.C2H6/c1-23(2)24(3)30(41-5)21-31(38)37-19-13-18-29(37)32(42-6)25(4)33(39)36-28(20-26-14-9-7-10-15-26)34(40)35-22-27-16-11-8-12-17-27;1-11(2)15(14(6)21)18-17(22)16(12(3)4)19(7)10-8-9-13(5)20;1-2/h7-12,14-17,23-25,28-30,32H,13,18-22H2,1-6H3,(H,35,40)(H,36,39);11-12,15-16,20H,5,8-10H2,1-4,6-7H3,(H,18,22);1-2H3/t24?,25?,28-,29?,30?,32?;15-,16?;/m00./s1. The molecule has 0 bridgehead atoms. The number of hydrogen-bond acceptors (Lipinski definition) is 9. The SMILES string of the molecule is C=C(O)CCCN(C)C(C(=O)N[C@H](C(C)=O)C(C)C)C(C)C.CC.COC(CC(=O)N1CCCC1C(OC)C(C)C(=O)N[C@@H](Cc1ccccc1)C(=O)NCc1ccccc1)C(C)C(C)C. The second-order valence-corrected chi connectivity index (χ2v) is 18.5. The summed E-state index contributed by atoms with van der Waals surface area (Å²) < 4.78 is 11.6. The van der Waals surface area contributed by atoms with E-state index in [4.69, 9.17) is 14.6 Å². The lowest BCUT2D eigenvalue weighted by molar-refractivity contribution is -0.143. The van der Waals surface area contributed by atoms with Crippen LogP contribution in [0, 0.1) is 29.6 Å². The predicted molar refractivity (Wildman–Crippen MR) is 266 cm³/mol. The molecule has 2 aromatic rings. The maximum atomic E-state index is 13.6. The summed E-state index contributed by atoms with van der Waals surface area (Å²) in [5, 5.41) is 18.0. The van der Waals surface area contributed by atoms with Gasteiger partial charge in [0.05, 0.1) is 48.4 Å². The monoisotopic (exact) mass is 922 g/mol. The molecule has 0 saturated carbocycles. The minimum absolute atomic E-state index is 0.0220. The van der Waals surface area contributed by atoms with Crippen molar-refractivity contribution in [2.45, 2.75) is 158 Å². The lowest BCUT2D eigenvalue weighted by atomic mass is 9.89. The number of aliphatic hydroxyl groups excluding tert-OH is 1. The highest BCUT2D eigenvalue weighted by Crippen LogP contribution is 2.29. The number of nitrogens with one attached hydrogen (secondary N) is 3. The Morgan fingerprint density at radius 2 is 1.38 bits per heavy atom. The number of allylic oxidation sites excluding steroid dienone is 1. The van der Waals surface area contributed by atoms with E-state index in [1.54, 1.807) is 14.2 Å². The van der Waals surface area contributed by atoms with Gasteiger partial charge in [-0.25, -0.2) is 0 Å². The molecule has 4 N–H and O–H groups in total. The van der Waals surface area contributed by atoms with Crippen LogP contribution in [0.4, 0.5) is 0 Å². The van der Waals surface area contributed by atoms with E-state index in [2.05, 4.69) is 43.3 Å². The highest BCUT2D eigenvalue weighted by atomic mass is 16.5. The van der Waals surface area contributed by atoms with Gasteiger partial charge in [0.25, 0.3) is 0 Å². The first-order valence-corrected chi connectivity index (χ1v) is 24.1. The Labute approximate surface area is 398 Å². The molecule has 13 nitrogen and oxygen atoms in total. The number of carbonyl (C=O) groups is 5. The van der Waals surface area contributed by atoms with Crippen molar-refractivity contribution in [2.24, 2.45) is 29.6 Å². The van der Waals surface area contributed by atoms with Gasteiger partial charge < -0.3 is 35.4 Å². The fraction of sp³-hybridized carbons (Fsp3) is 0.642. The molecule has 0 aliphatic carbocycles. The largest absolute Gasteiger partial charge is 0.513 e. The number of hydrogen-bond donors (Lipinski definition) is 4. The minimum Gasteiger partial charge on any atom is -0.513 e. The molecule has 66 heavy (non-hydrogen) atoms. The van der Waals surface area contributed by atoms with E-state index in [0.29, 0.717) is 44.8 Å². The van der Waals surface area contributed by atoms with Crippen LogP contribution in [-0.2, 0) is 46.4 Å². The van der Waals surface area contributed by atoms with Crippen molar-refractivity contribution in [1.82, 2.24) is 25.8 Å². The minimum atomic E-state index is -0.759. The van der Waals surface area contributed by atoms with Gasteiger partial charge in [-0.1, -0.05) is 136 Å². The van der Waals surface area contributed by atoms with Crippen molar-refractivity contribution in [2.75, 3.05) is 34.4 Å².